The number of benzene rings is 2. The summed E-state index contributed by atoms with van der Waals surface area (Å²) in [5.41, 5.74) is 11.1. The quantitative estimate of drug-likeness (QED) is 0.495. The number of anilines is 2. The van der Waals surface area contributed by atoms with Crippen molar-refractivity contribution in [2.24, 2.45) is 5.73 Å². The first-order chi connectivity index (χ1) is 14.5. The van der Waals surface area contributed by atoms with E-state index in [1.54, 1.807) is 11.8 Å². The van der Waals surface area contributed by atoms with E-state index in [1.807, 2.05) is 56.3 Å². The Balaban J connectivity index is 0.00000155. The van der Waals surface area contributed by atoms with Gasteiger partial charge in [-0.05, 0) is 60.2 Å². The van der Waals surface area contributed by atoms with Crippen molar-refractivity contribution in [1.29, 1.82) is 0 Å². The van der Waals surface area contributed by atoms with Crippen LogP contribution in [-0.2, 0) is 9.59 Å². The van der Waals surface area contributed by atoms with E-state index in [9.17, 15) is 9.59 Å². The Bertz CT molecular complexity index is 874. The number of hydrogen-bond acceptors (Lipinski definition) is 3. The maximum atomic E-state index is 11.9. The predicted molar refractivity (Wildman–Crippen MR) is 125 cm³/mol. The van der Waals surface area contributed by atoms with Crippen LogP contribution < -0.4 is 16.0 Å². The zero-order valence-electron chi connectivity index (χ0n) is 18.3. The summed E-state index contributed by atoms with van der Waals surface area (Å²) in [6, 6.07) is 13.8. The summed E-state index contributed by atoms with van der Waals surface area (Å²) in [7, 11) is 0. The number of rotatable bonds is 6. The first-order valence-electron chi connectivity index (χ1n) is 10.7. The second-order valence-electron chi connectivity index (χ2n) is 7.15. The fraction of sp³-hybridized carbons (Fsp3) is 0.360. The average molecular weight is 408 g/mol. The Morgan fingerprint density at radius 2 is 1.83 bits per heavy atom. The first-order valence-corrected chi connectivity index (χ1v) is 10.7. The third-order valence-corrected chi connectivity index (χ3v) is 5.08. The van der Waals surface area contributed by atoms with Crippen LogP contribution in [0.15, 0.2) is 55.1 Å². The van der Waals surface area contributed by atoms with Gasteiger partial charge >= 0.3 is 0 Å². The van der Waals surface area contributed by atoms with Crippen molar-refractivity contribution in [1.82, 2.24) is 0 Å². The Hall–Kier alpha value is -2.92. The fourth-order valence-corrected chi connectivity index (χ4v) is 3.52. The molecular formula is C25H33N3O2. The molecule has 1 aliphatic heterocycles. The van der Waals surface area contributed by atoms with Gasteiger partial charge in [-0.15, -0.1) is 6.58 Å². The molecule has 0 bridgehead atoms. The lowest BCUT2D eigenvalue weighted by atomic mass is 9.93. The summed E-state index contributed by atoms with van der Waals surface area (Å²) >= 11 is 0. The number of carbonyl (C=O) groups is 2. The van der Waals surface area contributed by atoms with Crippen molar-refractivity contribution in [3.05, 3.63) is 60.7 Å². The summed E-state index contributed by atoms with van der Waals surface area (Å²) < 4.78 is 0. The highest BCUT2D eigenvalue weighted by atomic mass is 16.2. The number of amides is 2. The molecule has 30 heavy (non-hydrogen) atoms. The summed E-state index contributed by atoms with van der Waals surface area (Å²) in [6.45, 7) is 9.90. The molecule has 0 saturated heterocycles. The zero-order chi connectivity index (χ0) is 22.1. The van der Waals surface area contributed by atoms with Crippen molar-refractivity contribution in [3.8, 4) is 11.1 Å². The Morgan fingerprint density at radius 1 is 1.17 bits per heavy atom. The molecule has 5 heteroatoms. The smallest absolute Gasteiger partial charge is 0.224 e. The maximum absolute atomic E-state index is 11.9. The van der Waals surface area contributed by atoms with Gasteiger partial charge in [0, 0.05) is 37.3 Å². The van der Waals surface area contributed by atoms with E-state index in [-0.39, 0.29) is 17.9 Å². The minimum Gasteiger partial charge on any atom is -0.326 e. The number of hydrogen-bond donors (Lipinski definition) is 2. The van der Waals surface area contributed by atoms with Crippen molar-refractivity contribution in [3.63, 3.8) is 0 Å². The van der Waals surface area contributed by atoms with E-state index < -0.39 is 0 Å². The zero-order valence-corrected chi connectivity index (χ0v) is 18.3. The normalized spacial score (nSPS) is 14.8. The van der Waals surface area contributed by atoms with Gasteiger partial charge in [0.05, 0.1) is 0 Å². The molecular weight excluding hydrogens is 374 g/mol. The highest BCUT2D eigenvalue weighted by molar-refractivity contribution is 5.94. The van der Waals surface area contributed by atoms with E-state index in [2.05, 4.69) is 18.0 Å². The van der Waals surface area contributed by atoms with E-state index in [0.29, 0.717) is 13.0 Å². The van der Waals surface area contributed by atoms with Crippen molar-refractivity contribution < 1.29 is 9.59 Å². The van der Waals surface area contributed by atoms with Gasteiger partial charge in [-0.2, -0.15) is 0 Å². The predicted octanol–water partition coefficient (Wildman–Crippen LogP) is 5.43. The highest BCUT2D eigenvalue weighted by Crippen LogP contribution is 2.36. The van der Waals surface area contributed by atoms with Gasteiger partial charge in [-0.3, -0.25) is 9.59 Å². The largest absolute Gasteiger partial charge is 0.326 e. The van der Waals surface area contributed by atoms with E-state index in [1.165, 1.54) is 0 Å². The topological polar surface area (TPSA) is 75.4 Å². The monoisotopic (exact) mass is 407 g/mol. The fourth-order valence-electron chi connectivity index (χ4n) is 3.52. The van der Waals surface area contributed by atoms with E-state index in [0.717, 1.165) is 47.3 Å². The summed E-state index contributed by atoms with van der Waals surface area (Å²) in [5.74, 6) is 0.0489. The van der Waals surface area contributed by atoms with Crippen LogP contribution in [-0.4, -0.2) is 18.4 Å². The SMILES string of the molecule is C=CCCCC(=O)Nc1ccc(-c2ccc3c(c2)C(N)CCN3C(C)=O)cc1.CC. The second-order valence-corrected chi connectivity index (χ2v) is 7.15. The molecule has 160 valence electrons. The third-order valence-electron chi connectivity index (χ3n) is 5.08. The number of nitrogens with one attached hydrogen (secondary N) is 1. The minimum absolute atomic E-state index is 0.0127. The molecule has 2 aromatic carbocycles. The number of nitrogens with zero attached hydrogens (tertiary/aromatic N) is 1. The third kappa shape index (κ3) is 5.80. The number of carbonyl (C=O) groups excluding carboxylic acids is 2. The maximum Gasteiger partial charge on any atom is 0.224 e. The van der Waals surface area contributed by atoms with E-state index >= 15 is 0 Å². The first kappa shape index (κ1) is 23.4. The molecule has 0 spiro atoms. The summed E-state index contributed by atoms with van der Waals surface area (Å²) in [4.78, 5) is 25.6. The molecule has 2 amide bonds. The Morgan fingerprint density at radius 3 is 2.47 bits per heavy atom. The number of allylic oxidation sites excluding steroid dienone is 1. The van der Waals surface area contributed by atoms with Gasteiger partial charge in [0.15, 0.2) is 0 Å². The van der Waals surface area contributed by atoms with Crippen LogP contribution in [0.5, 0.6) is 0 Å². The van der Waals surface area contributed by atoms with Crippen LogP contribution in [0.2, 0.25) is 0 Å². The lowest BCUT2D eigenvalue weighted by Gasteiger charge is -2.32. The molecule has 1 atom stereocenters. The van der Waals surface area contributed by atoms with Gasteiger partial charge in [0.1, 0.15) is 0 Å². The van der Waals surface area contributed by atoms with Crippen molar-refractivity contribution >= 4 is 23.2 Å². The molecule has 0 aliphatic carbocycles. The number of unbranched alkanes of at least 4 members (excludes halogenated alkanes) is 1. The van der Waals surface area contributed by atoms with Gasteiger partial charge in [-0.25, -0.2) is 0 Å². The van der Waals surface area contributed by atoms with Gasteiger partial charge in [0.25, 0.3) is 0 Å². The molecule has 0 fully saturated rings. The van der Waals surface area contributed by atoms with Crippen molar-refractivity contribution in [2.45, 2.75) is 52.5 Å². The van der Waals surface area contributed by atoms with Crippen LogP contribution in [0.1, 0.15) is 58.1 Å². The van der Waals surface area contributed by atoms with Gasteiger partial charge in [-0.1, -0.05) is 38.1 Å². The lowest BCUT2D eigenvalue weighted by molar-refractivity contribution is -0.117. The standard InChI is InChI=1S/C23H27N3O2.C2H6/c1-3-4-5-6-23(28)25-19-10-7-17(8-11-19)18-9-12-22-20(15-18)21(24)13-14-26(22)16(2)27;1-2/h3,7-12,15,21H,1,4-6,13-14,24H2,2H3,(H,25,28);1-2H3. The second kappa shape index (κ2) is 11.3. The molecule has 1 unspecified atom stereocenters. The van der Waals surface area contributed by atoms with E-state index in [4.69, 9.17) is 5.73 Å². The van der Waals surface area contributed by atoms with Crippen molar-refractivity contribution in [2.75, 3.05) is 16.8 Å². The molecule has 0 aromatic heterocycles. The average Bonchev–Trinajstić information content (AvgIpc) is 2.76. The van der Waals surface area contributed by atoms with Gasteiger partial charge in [0.2, 0.25) is 11.8 Å². The van der Waals surface area contributed by atoms with Crippen LogP contribution >= 0.6 is 0 Å². The molecule has 3 N–H and O–H groups in total. The molecule has 5 nitrogen and oxygen atoms in total. The number of nitrogens with two attached hydrogens (primary N) is 1. The van der Waals surface area contributed by atoms with Crippen LogP contribution in [0.4, 0.5) is 11.4 Å². The van der Waals surface area contributed by atoms with Gasteiger partial charge < -0.3 is 16.0 Å². The summed E-state index contributed by atoms with van der Waals surface area (Å²) in [6.07, 6.45) is 4.71. The van der Waals surface area contributed by atoms with Crippen LogP contribution in [0, 0.1) is 0 Å². The Kier molecular flexibility index (Phi) is 8.81. The minimum atomic E-state index is -0.0697. The molecule has 3 rings (SSSR count). The van der Waals surface area contributed by atoms with Crippen LogP contribution in [0.25, 0.3) is 11.1 Å². The molecule has 1 aliphatic rings. The summed E-state index contributed by atoms with van der Waals surface area (Å²) in [5, 5.41) is 2.92. The number of fused-ring (bicyclic) bond motifs is 1. The molecule has 0 radical (unpaired) electrons. The van der Waals surface area contributed by atoms with Crippen LogP contribution in [0.3, 0.4) is 0 Å². The highest BCUT2D eigenvalue weighted by Gasteiger charge is 2.25. The lowest BCUT2D eigenvalue weighted by Crippen LogP contribution is -2.36. The molecule has 0 saturated carbocycles. The molecule has 2 aromatic rings. The molecule has 1 heterocycles. The Labute approximate surface area is 180 Å².